The third kappa shape index (κ3) is 2.59. The number of hydrogen-bond acceptors (Lipinski definition) is 5. The molecule has 20 heavy (non-hydrogen) atoms. The van der Waals surface area contributed by atoms with Crippen molar-refractivity contribution in [2.24, 2.45) is 0 Å². The van der Waals surface area contributed by atoms with E-state index in [2.05, 4.69) is 9.97 Å². The van der Waals surface area contributed by atoms with Gasteiger partial charge in [-0.25, -0.2) is 9.37 Å². The van der Waals surface area contributed by atoms with E-state index in [0.717, 1.165) is 0 Å². The maximum absolute atomic E-state index is 13.5. The van der Waals surface area contributed by atoms with Crippen LogP contribution in [0.2, 0.25) is 0 Å². The van der Waals surface area contributed by atoms with Crippen molar-refractivity contribution in [1.29, 1.82) is 0 Å². The van der Waals surface area contributed by atoms with Gasteiger partial charge in [0.2, 0.25) is 17.5 Å². The van der Waals surface area contributed by atoms with Crippen LogP contribution in [0.15, 0.2) is 24.4 Å². The number of hydrogen-bond donors (Lipinski definition) is 0. The van der Waals surface area contributed by atoms with Crippen LogP contribution in [-0.4, -0.2) is 30.0 Å². The Morgan fingerprint density at radius 2 is 2.00 bits per heavy atom. The van der Waals surface area contributed by atoms with Crippen molar-refractivity contribution in [3.8, 4) is 11.8 Å². The van der Waals surface area contributed by atoms with E-state index < -0.39 is 11.6 Å². The van der Waals surface area contributed by atoms with E-state index in [1.54, 1.807) is 6.92 Å². The minimum atomic E-state index is -0.462. The SMILES string of the molecule is COc1cnc(C(=O)c2ccc(C)c(F)c2)c(OC)n1. The van der Waals surface area contributed by atoms with E-state index >= 15 is 0 Å². The molecule has 0 N–H and O–H groups in total. The summed E-state index contributed by atoms with van der Waals surface area (Å²) in [5.41, 5.74) is 0.664. The Kier molecular flexibility index (Phi) is 3.93. The minimum absolute atomic E-state index is 0.0107. The van der Waals surface area contributed by atoms with Gasteiger partial charge in [0.1, 0.15) is 5.82 Å². The summed E-state index contributed by atoms with van der Waals surface area (Å²) in [7, 11) is 2.80. The van der Waals surface area contributed by atoms with Crippen molar-refractivity contribution in [2.45, 2.75) is 6.92 Å². The summed E-state index contributed by atoms with van der Waals surface area (Å²) in [6.07, 6.45) is 1.31. The van der Waals surface area contributed by atoms with Crippen molar-refractivity contribution >= 4 is 5.78 Å². The highest BCUT2D eigenvalue weighted by Crippen LogP contribution is 2.21. The topological polar surface area (TPSA) is 61.3 Å². The Balaban J connectivity index is 2.44. The monoisotopic (exact) mass is 276 g/mol. The number of aromatic nitrogens is 2. The van der Waals surface area contributed by atoms with Crippen LogP contribution in [0.4, 0.5) is 4.39 Å². The number of aryl methyl sites for hydroxylation is 1. The van der Waals surface area contributed by atoms with E-state index in [1.165, 1.54) is 38.6 Å². The zero-order valence-corrected chi connectivity index (χ0v) is 11.3. The average Bonchev–Trinajstić information content (AvgIpc) is 2.48. The fourth-order valence-electron chi connectivity index (χ4n) is 1.62. The van der Waals surface area contributed by atoms with Crippen LogP contribution in [0.25, 0.3) is 0 Å². The molecule has 2 rings (SSSR count). The smallest absolute Gasteiger partial charge is 0.247 e. The summed E-state index contributed by atoms with van der Waals surface area (Å²) in [4.78, 5) is 20.2. The fourth-order valence-corrected chi connectivity index (χ4v) is 1.62. The van der Waals surface area contributed by atoms with Crippen LogP contribution in [0.1, 0.15) is 21.6 Å². The predicted octanol–water partition coefficient (Wildman–Crippen LogP) is 2.17. The minimum Gasteiger partial charge on any atom is -0.480 e. The lowest BCUT2D eigenvalue weighted by molar-refractivity contribution is 0.102. The van der Waals surface area contributed by atoms with Crippen molar-refractivity contribution in [3.05, 3.63) is 47.0 Å². The molecular weight excluding hydrogens is 263 g/mol. The van der Waals surface area contributed by atoms with Gasteiger partial charge in [0.15, 0.2) is 5.69 Å². The van der Waals surface area contributed by atoms with Crippen LogP contribution in [0.5, 0.6) is 11.8 Å². The summed E-state index contributed by atoms with van der Waals surface area (Å²) < 4.78 is 23.4. The third-order valence-electron chi connectivity index (χ3n) is 2.77. The second-order valence-corrected chi connectivity index (χ2v) is 4.06. The molecule has 0 bridgehead atoms. The second kappa shape index (κ2) is 5.64. The van der Waals surface area contributed by atoms with E-state index in [1.807, 2.05) is 0 Å². The van der Waals surface area contributed by atoms with Crippen molar-refractivity contribution in [2.75, 3.05) is 14.2 Å². The molecule has 0 fully saturated rings. The molecule has 0 radical (unpaired) electrons. The Labute approximate surface area is 115 Å². The van der Waals surface area contributed by atoms with E-state index in [9.17, 15) is 9.18 Å². The van der Waals surface area contributed by atoms with Gasteiger partial charge in [0.05, 0.1) is 20.4 Å². The highest BCUT2D eigenvalue weighted by molar-refractivity contribution is 6.09. The average molecular weight is 276 g/mol. The summed E-state index contributed by atoms with van der Waals surface area (Å²) in [5, 5.41) is 0. The summed E-state index contributed by atoms with van der Waals surface area (Å²) >= 11 is 0. The lowest BCUT2D eigenvalue weighted by Crippen LogP contribution is -2.09. The summed E-state index contributed by atoms with van der Waals surface area (Å²) in [6.45, 7) is 1.62. The molecule has 0 atom stereocenters. The van der Waals surface area contributed by atoms with Gasteiger partial charge in [-0.15, -0.1) is 0 Å². The van der Waals surface area contributed by atoms with Crippen molar-refractivity contribution in [1.82, 2.24) is 9.97 Å². The molecule has 104 valence electrons. The Bertz CT molecular complexity index is 659. The molecule has 1 heterocycles. The third-order valence-corrected chi connectivity index (χ3v) is 2.77. The highest BCUT2D eigenvalue weighted by Gasteiger charge is 2.19. The lowest BCUT2D eigenvalue weighted by Gasteiger charge is -2.07. The number of benzene rings is 1. The molecule has 1 aromatic carbocycles. The first-order valence-electron chi connectivity index (χ1n) is 5.82. The standard InChI is InChI=1S/C14H13FN2O3/c1-8-4-5-9(6-10(8)15)13(18)12-14(20-3)17-11(19-2)7-16-12/h4-7H,1-3H3. The largest absolute Gasteiger partial charge is 0.480 e. The van der Waals surface area contributed by atoms with Crippen LogP contribution >= 0.6 is 0 Å². The lowest BCUT2D eigenvalue weighted by atomic mass is 10.1. The molecule has 0 aliphatic heterocycles. The van der Waals surface area contributed by atoms with Gasteiger partial charge < -0.3 is 9.47 Å². The second-order valence-electron chi connectivity index (χ2n) is 4.06. The summed E-state index contributed by atoms with van der Waals surface area (Å²) in [6, 6.07) is 4.24. The number of carbonyl (C=O) groups is 1. The molecule has 0 saturated heterocycles. The Morgan fingerprint density at radius 3 is 2.60 bits per heavy atom. The molecule has 0 unspecified atom stereocenters. The van der Waals surface area contributed by atoms with Crippen LogP contribution in [-0.2, 0) is 0 Å². The quantitative estimate of drug-likeness (QED) is 0.801. The number of methoxy groups -OCH3 is 2. The first-order chi connectivity index (χ1) is 9.56. The number of halogens is 1. The maximum atomic E-state index is 13.5. The van der Waals surface area contributed by atoms with E-state index in [-0.39, 0.29) is 23.0 Å². The van der Waals surface area contributed by atoms with Gasteiger partial charge in [-0.05, 0) is 18.6 Å². The van der Waals surface area contributed by atoms with Crippen LogP contribution in [0.3, 0.4) is 0 Å². The molecule has 0 amide bonds. The number of ketones is 1. The van der Waals surface area contributed by atoms with Crippen molar-refractivity contribution in [3.63, 3.8) is 0 Å². The molecule has 1 aromatic heterocycles. The summed E-state index contributed by atoms with van der Waals surface area (Å²) in [5.74, 6) is -0.643. The molecular formula is C14H13FN2O3. The van der Waals surface area contributed by atoms with E-state index in [4.69, 9.17) is 9.47 Å². The van der Waals surface area contributed by atoms with Crippen molar-refractivity contribution < 1.29 is 18.7 Å². The number of rotatable bonds is 4. The number of carbonyl (C=O) groups excluding carboxylic acids is 1. The normalized spacial score (nSPS) is 10.2. The Morgan fingerprint density at radius 1 is 1.25 bits per heavy atom. The molecule has 0 aliphatic carbocycles. The fraction of sp³-hybridized carbons (Fsp3) is 0.214. The van der Waals surface area contributed by atoms with Gasteiger partial charge in [-0.2, -0.15) is 4.98 Å². The molecule has 2 aromatic rings. The molecule has 0 aliphatic rings. The van der Waals surface area contributed by atoms with Gasteiger partial charge >= 0.3 is 0 Å². The van der Waals surface area contributed by atoms with Crippen LogP contribution in [0, 0.1) is 12.7 Å². The zero-order chi connectivity index (χ0) is 14.7. The molecule has 0 saturated carbocycles. The highest BCUT2D eigenvalue weighted by atomic mass is 19.1. The maximum Gasteiger partial charge on any atom is 0.247 e. The number of ether oxygens (including phenoxy) is 2. The number of nitrogens with zero attached hydrogens (tertiary/aromatic N) is 2. The molecule has 0 spiro atoms. The van der Waals surface area contributed by atoms with Gasteiger partial charge in [0.25, 0.3) is 0 Å². The van der Waals surface area contributed by atoms with Gasteiger partial charge in [-0.1, -0.05) is 12.1 Å². The van der Waals surface area contributed by atoms with Gasteiger partial charge in [-0.3, -0.25) is 4.79 Å². The Hall–Kier alpha value is -2.50. The first kappa shape index (κ1) is 13.9. The first-order valence-corrected chi connectivity index (χ1v) is 5.82. The van der Waals surface area contributed by atoms with Gasteiger partial charge in [0, 0.05) is 5.56 Å². The molecule has 6 heteroatoms. The zero-order valence-electron chi connectivity index (χ0n) is 11.3. The predicted molar refractivity (Wildman–Crippen MR) is 69.7 cm³/mol. The van der Waals surface area contributed by atoms with Crippen LogP contribution < -0.4 is 9.47 Å². The van der Waals surface area contributed by atoms with E-state index in [0.29, 0.717) is 5.56 Å². The molecule has 5 nitrogen and oxygen atoms in total.